The Morgan fingerprint density at radius 1 is 1.16 bits per heavy atom. The second-order valence-electron chi connectivity index (χ2n) is 7.52. The number of anilines is 1. The molecule has 0 radical (unpaired) electrons. The lowest BCUT2D eigenvalue weighted by molar-refractivity contribution is 0.0970. The first-order chi connectivity index (χ1) is 15.5. The maximum absolute atomic E-state index is 13.6. The molecule has 3 heterocycles. The minimum Gasteiger partial charge on any atom is -0.490 e. The highest BCUT2D eigenvalue weighted by molar-refractivity contribution is 7.15. The van der Waals surface area contributed by atoms with Gasteiger partial charge in [0.25, 0.3) is 5.91 Å². The van der Waals surface area contributed by atoms with E-state index in [0.29, 0.717) is 34.0 Å². The number of aryl methyl sites for hydroxylation is 2. The van der Waals surface area contributed by atoms with Crippen LogP contribution in [0.3, 0.4) is 0 Å². The number of nitrogens with zero attached hydrogens (tertiary/aromatic N) is 3. The molecule has 32 heavy (non-hydrogen) atoms. The summed E-state index contributed by atoms with van der Waals surface area (Å²) in [7, 11) is 0. The van der Waals surface area contributed by atoms with E-state index in [4.69, 9.17) is 9.15 Å². The van der Waals surface area contributed by atoms with Gasteiger partial charge in [0.2, 0.25) is 10.9 Å². The average Bonchev–Trinajstić information content (AvgIpc) is 3.34. The topological polar surface area (TPSA) is 85.5 Å². The molecule has 1 aliphatic heterocycles. The van der Waals surface area contributed by atoms with E-state index >= 15 is 0 Å². The lowest BCUT2D eigenvalue weighted by atomic mass is 9.98. The van der Waals surface area contributed by atoms with Crippen molar-refractivity contribution in [3.8, 4) is 5.75 Å². The standard InChI is InChI=1S/C24H19N3O4S/c1-4-11-30-16-8-6-15(7-9-16)20-19-21(28)17-12-13(2)5-10-18(17)31-22(19)23(29)27(20)24-26-25-14(3)32-24/h4-10,12,20H,1,11H2,2-3H3/t20-/m1/s1. The molecular weight excluding hydrogens is 426 g/mol. The van der Waals surface area contributed by atoms with Gasteiger partial charge in [0.05, 0.1) is 17.0 Å². The maximum Gasteiger partial charge on any atom is 0.297 e. The Kier molecular flexibility index (Phi) is 4.86. The third kappa shape index (κ3) is 3.20. The molecule has 0 bridgehead atoms. The van der Waals surface area contributed by atoms with Gasteiger partial charge in [0.1, 0.15) is 22.9 Å². The molecule has 160 valence electrons. The lowest BCUT2D eigenvalue weighted by Crippen LogP contribution is -2.29. The lowest BCUT2D eigenvalue weighted by Gasteiger charge is -2.22. The second kappa shape index (κ2) is 7.72. The van der Waals surface area contributed by atoms with Crippen LogP contribution in [-0.4, -0.2) is 22.7 Å². The zero-order valence-electron chi connectivity index (χ0n) is 17.5. The third-order valence-corrected chi connectivity index (χ3v) is 6.15. The van der Waals surface area contributed by atoms with Crippen molar-refractivity contribution in [2.75, 3.05) is 11.5 Å². The smallest absolute Gasteiger partial charge is 0.297 e. The molecule has 2 aromatic carbocycles. The Hall–Kier alpha value is -3.78. The minimum atomic E-state index is -0.681. The number of ether oxygens (including phenoxy) is 1. The summed E-state index contributed by atoms with van der Waals surface area (Å²) in [4.78, 5) is 28.5. The summed E-state index contributed by atoms with van der Waals surface area (Å²) in [5, 5.41) is 9.81. The van der Waals surface area contributed by atoms with Gasteiger partial charge >= 0.3 is 0 Å². The predicted octanol–water partition coefficient (Wildman–Crippen LogP) is 4.58. The van der Waals surface area contributed by atoms with Crippen LogP contribution < -0.4 is 15.1 Å². The van der Waals surface area contributed by atoms with E-state index in [1.54, 1.807) is 30.3 Å². The van der Waals surface area contributed by atoms with Crippen molar-refractivity contribution in [3.05, 3.63) is 92.8 Å². The molecule has 1 amide bonds. The number of rotatable bonds is 5. The Labute approximate surface area is 187 Å². The third-order valence-electron chi connectivity index (χ3n) is 5.31. The number of carbonyl (C=O) groups excluding carboxylic acids is 1. The summed E-state index contributed by atoms with van der Waals surface area (Å²) in [6.45, 7) is 7.76. The van der Waals surface area contributed by atoms with Gasteiger partial charge in [-0.3, -0.25) is 14.5 Å². The molecule has 4 aromatic rings. The Bertz CT molecular complexity index is 1420. The second-order valence-corrected chi connectivity index (χ2v) is 8.68. The Balaban J connectivity index is 1.72. The van der Waals surface area contributed by atoms with Crippen molar-refractivity contribution >= 4 is 33.3 Å². The molecule has 2 aromatic heterocycles. The van der Waals surface area contributed by atoms with E-state index in [1.807, 2.05) is 32.0 Å². The molecule has 7 nitrogen and oxygen atoms in total. The fraction of sp³-hybridized carbons (Fsp3) is 0.167. The fourth-order valence-electron chi connectivity index (χ4n) is 3.88. The van der Waals surface area contributed by atoms with Gasteiger partial charge in [-0.25, -0.2) is 0 Å². The summed E-state index contributed by atoms with van der Waals surface area (Å²) in [5.41, 5.74) is 2.15. The summed E-state index contributed by atoms with van der Waals surface area (Å²) in [6.07, 6.45) is 1.66. The minimum absolute atomic E-state index is 0.0381. The molecule has 0 spiro atoms. The van der Waals surface area contributed by atoms with Crippen LogP contribution in [0.4, 0.5) is 5.13 Å². The summed E-state index contributed by atoms with van der Waals surface area (Å²) in [5.74, 6) is 0.293. The molecule has 1 atom stereocenters. The van der Waals surface area contributed by atoms with Crippen LogP contribution in [0.1, 0.15) is 38.3 Å². The van der Waals surface area contributed by atoms with Crippen LogP contribution in [0.15, 0.2) is 64.3 Å². The zero-order valence-corrected chi connectivity index (χ0v) is 18.3. The number of hydrogen-bond donors (Lipinski definition) is 0. The highest BCUT2D eigenvalue weighted by Gasteiger charge is 2.45. The summed E-state index contributed by atoms with van der Waals surface area (Å²) >= 11 is 1.29. The first-order valence-electron chi connectivity index (χ1n) is 10.0. The van der Waals surface area contributed by atoms with Crippen molar-refractivity contribution in [1.82, 2.24) is 10.2 Å². The van der Waals surface area contributed by atoms with Gasteiger partial charge in [-0.15, -0.1) is 10.2 Å². The van der Waals surface area contributed by atoms with Crippen molar-refractivity contribution in [1.29, 1.82) is 0 Å². The molecule has 0 N–H and O–H groups in total. The first kappa shape index (κ1) is 20.1. The Morgan fingerprint density at radius 2 is 1.94 bits per heavy atom. The number of amides is 1. The van der Waals surface area contributed by atoms with Crippen LogP contribution in [0, 0.1) is 13.8 Å². The van der Waals surface area contributed by atoms with E-state index in [1.165, 1.54) is 16.2 Å². The fourth-order valence-corrected chi connectivity index (χ4v) is 4.60. The highest BCUT2D eigenvalue weighted by atomic mass is 32.1. The maximum atomic E-state index is 13.6. The van der Waals surface area contributed by atoms with Gasteiger partial charge in [-0.1, -0.05) is 47.8 Å². The molecule has 1 aliphatic rings. The molecule has 0 saturated carbocycles. The number of benzene rings is 2. The van der Waals surface area contributed by atoms with Crippen molar-refractivity contribution in [2.45, 2.75) is 19.9 Å². The van der Waals surface area contributed by atoms with Crippen molar-refractivity contribution < 1.29 is 13.9 Å². The first-order valence-corrected chi connectivity index (χ1v) is 10.8. The highest BCUT2D eigenvalue weighted by Crippen LogP contribution is 2.42. The largest absolute Gasteiger partial charge is 0.490 e. The molecule has 5 rings (SSSR count). The molecule has 0 unspecified atom stereocenters. The zero-order chi connectivity index (χ0) is 22.4. The van der Waals surface area contributed by atoms with Gasteiger partial charge in [0, 0.05) is 0 Å². The van der Waals surface area contributed by atoms with Gasteiger partial charge in [-0.2, -0.15) is 0 Å². The van der Waals surface area contributed by atoms with Crippen LogP contribution in [0.25, 0.3) is 11.0 Å². The quantitative estimate of drug-likeness (QED) is 0.418. The Morgan fingerprint density at radius 3 is 2.62 bits per heavy atom. The van der Waals surface area contributed by atoms with Gasteiger partial charge in [-0.05, 0) is 43.7 Å². The predicted molar refractivity (Wildman–Crippen MR) is 123 cm³/mol. The SMILES string of the molecule is C=CCOc1ccc([C@@H]2c3c(oc4ccc(C)cc4c3=O)C(=O)N2c2nnc(C)s2)cc1. The number of hydrogen-bond acceptors (Lipinski definition) is 7. The average molecular weight is 446 g/mol. The van der Waals surface area contributed by atoms with Gasteiger partial charge in [0.15, 0.2) is 5.43 Å². The number of aromatic nitrogens is 2. The number of fused-ring (bicyclic) bond motifs is 2. The normalized spacial score (nSPS) is 15.2. The van der Waals surface area contributed by atoms with E-state index < -0.39 is 11.9 Å². The summed E-state index contributed by atoms with van der Waals surface area (Å²) in [6, 6.07) is 12.0. The van der Waals surface area contributed by atoms with Crippen molar-refractivity contribution in [2.24, 2.45) is 0 Å². The van der Waals surface area contributed by atoms with E-state index in [-0.39, 0.29) is 11.2 Å². The molecular formula is C24H19N3O4S. The molecule has 0 fully saturated rings. The van der Waals surface area contributed by atoms with E-state index in [0.717, 1.165) is 16.1 Å². The number of carbonyl (C=O) groups is 1. The summed E-state index contributed by atoms with van der Waals surface area (Å²) < 4.78 is 11.5. The van der Waals surface area contributed by atoms with Crippen molar-refractivity contribution in [3.63, 3.8) is 0 Å². The van der Waals surface area contributed by atoms with Crippen LogP contribution in [-0.2, 0) is 0 Å². The molecule has 0 aliphatic carbocycles. The monoisotopic (exact) mass is 445 g/mol. The van der Waals surface area contributed by atoms with E-state index in [2.05, 4.69) is 16.8 Å². The van der Waals surface area contributed by atoms with E-state index in [9.17, 15) is 9.59 Å². The van der Waals surface area contributed by atoms with Crippen LogP contribution >= 0.6 is 11.3 Å². The molecule has 8 heteroatoms. The van der Waals surface area contributed by atoms with Crippen LogP contribution in [0.2, 0.25) is 0 Å². The van der Waals surface area contributed by atoms with Gasteiger partial charge < -0.3 is 9.15 Å². The van der Waals surface area contributed by atoms with Crippen LogP contribution in [0.5, 0.6) is 5.75 Å². The molecule has 0 saturated heterocycles.